The van der Waals surface area contributed by atoms with Crippen LogP contribution >= 0.6 is 11.7 Å². The van der Waals surface area contributed by atoms with Crippen molar-refractivity contribution in [1.29, 1.82) is 0 Å². The molecule has 0 aliphatic heterocycles. The van der Waals surface area contributed by atoms with Crippen LogP contribution in [0.5, 0.6) is 0 Å². The molecule has 9 aromatic rings. The molecule has 0 aliphatic rings. The summed E-state index contributed by atoms with van der Waals surface area (Å²) in [4.78, 5) is 20.3. The molecule has 0 N–H and O–H groups in total. The van der Waals surface area contributed by atoms with E-state index in [1.165, 1.54) is 11.7 Å². The summed E-state index contributed by atoms with van der Waals surface area (Å²) in [5, 5.41) is 3.03. The van der Waals surface area contributed by atoms with Gasteiger partial charge >= 0.3 is 0 Å². The smallest absolute Gasteiger partial charge is 0.166 e. The lowest BCUT2D eigenvalue weighted by molar-refractivity contribution is 1.08. The summed E-state index contributed by atoms with van der Waals surface area (Å²) in [5.41, 5.74) is 9.27. The first kappa shape index (κ1) is 27.2. The van der Waals surface area contributed by atoms with Gasteiger partial charge in [-0.3, -0.25) is 0 Å². The van der Waals surface area contributed by atoms with Crippen molar-refractivity contribution >= 4 is 44.4 Å². The molecule has 0 atom stereocenters. The van der Waals surface area contributed by atoms with Crippen LogP contribution in [0.15, 0.2) is 146 Å². The number of para-hydroxylation sites is 1. The monoisotopic (exact) mass is 620 g/mol. The van der Waals surface area contributed by atoms with Crippen LogP contribution < -0.4 is 0 Å². The Bertz CT molecular complexity index is 2550. The fraction of sp³-hybridized carbons (Fsp3) is 0. The fourth-order valence-electron chi connectivity index (χ4n) is 6.14. The zero-order valence-corrected chi connectivity index (χ0v) is 25.8. The number of pyridine rings is 1. The molecule has 0 saturated heterocycles. The zero-order valence-electron chi connectivity index (χ0n) is 24.9. The lowest BCUT2D eigenvalue weighted by atomic mass is 9.96. The number of hydrogen-bond acceptors (Lipinski definition) is 7. The molecule has 7 heteroatoms. The lowest BCUT2D eigenvalue weighted by Crippen LogP contribution is -2.01. The average Bonchev–Trinajstić information content (AvgIpc) is 3.65. The molecule has 0 fully saturated rings. The van der Waals surface area contributed by atoms with Crippen molar-refractivity contribution in [1.82, 2.24) is 28.7 Å². The number of aromatic nitrogens is 6. The Balaban J connectivity index is 1.31. The number of benzene rings is 6. The van der Waals surface area contributed by atoms with Crippen LogP contribution in [0.1, 0.15) is 0 Å². The number of hydrogen-bond donors (Lipinski definition) is 0. The number of rotatable bonds is 5. The fourth-order valence-corrected chi connectivity index (χ4v) is 6.70. The van der Waals surface area contributed by atoms with Crippen molar-refractivity contribution < 1.29 is 0 Å². The summed E-state index contributed by atoms with van der Waals surface area (Å²) in [6, 6.07) is 49.3. The number of nitrogens with zero attached hydrogens (tertiary/aromatic N) is 6. The first-order chi connectivity index (χ1) is 23.3. The molecule has 0 amide bonds. The zero-order chi connectivity index (χ0) is 31.2. The summed E-state index contributed by atoms with van der Waals surface area (Å²) in [7, 11) is 0. The molecule has 0 radical (unpaired) electrons. The van der Waals surface area contributed by atoms with E-state index >= 15 is 0 Å². The molecule has 0 unspecified atom stereocenters. The van der Waals surface area contributed by atoms with Crippen molar-refractivity contribution in [3.63, 3.8) is 0 Å². The Labute approximate surface area is 274 Å². The van der Waals surface area contributed by atoms with E-state index in [1.807, 2.05) is 84.9 Å². The normalized spacial score (nSPS) is 11.4. The summed E-state index contributed by atoms with van der Waals surface area (Å²) < 4.78 is 9.66. The minimum Gasteiger partial charge on any atom is -0.247 e. The maximum absolute atomic E-state index is 5.17. The quantitative estimate of drug-likeness (QED) is 0.178. The van der Waals surface area contributed by atoms with Gasteiger partial charge in [0, 0.05) is 38.4 Å². The van der Waals surface area contributed by atoms with Crippen LogP contribution in [0, 0.1) is 0 Å². The second-order valence-corrected chi connectivity index (χ2v) is 11.8. The van der Waals surface area contributed by atoms with E-state index in [2.05, 4.69) is 60.7 Å². The van der Waals surface area contributed by atoms with E-state index in [1.54, 1.807) is 0 Å². The summed E-state index contributed by atoms with van der Waals surface area (Å²) >= 11 is 1.20. The van der Waals surface area contributed by atoms with E-state index in [4.69, 9.17) is 28.7 Å². The largest absolute Gasteiger partial charge is 0.247 e. The van der Waals surface area contributed by atoms with E-state index in [0.29, 0.717) is 17.5 Å². The predicted molar refractivity (Wildman–Crippen MR) is 191 cm³/mol. The van der Waals surface area contributed by atoms with Crippen LogP contribution in [0.25, 0.3) is 89.3 Å². The number of fused-ring (bicyclic) bond motifs is 5. The van der Waals surface area contributed by atoms with Gasteiger partial charge in [0.1, 0.15) is 11.0 Å². The van der Waals surface area contributed by atoms with Crippen LogP contribution in [-0.4, -0.2) is 28.7 Å². The van der Waals surface area contributed by atoms with Gasteiger partial charge in [0.15, 0.2) is 17.5 Å². The first-order valence-corrected chi connectivity index (χ1v) is 16.0. The minimum atomic E-state index is 0.535. The third-order valence-electron chi connectivity index (χ3n) is 8.40. The minimum absolute atomic E-state index is 0.535. The molecule has 0 aliphatic carbocycles. The van der Waals surface area contributed by atoms with Gasteiger partial charge < -0.3 is 0 Å². The van der Waals surface area contributed by atoms with Crippen molar-refractivity contribution in [3.8, 4) is 56.5 Å². The van der Waals surface area contributed by atoms with E-state index in [9.17, 15) is 0 Å². The highest BCUT2D eigenvalue weighted by Crippen LogP contribution is 2.40. The maximum atomic E-state index is 5.17. The summed E-state index contributed by atoms with van der Waals surface area (Å²) in [6.45, 7) is 0. The molecule has 9 rings (SSSR count). The predicted octanol–water partition coefficient (Wildman–Crippen LogP) is 9.91. The van der Waals surface area contributed by atoms with Gasteiger partial charge in [0.25, 0.3) is 0 Å². The van der Waals surface area contributed by atoms with Crippen LogP contribution in [0.2, 0.25) is 0 Å². The molecule has 6 nitrogen and oxygen atoms in total. The van der Waals surface area contributed by atoms with Gasteiger partial charge in [-0.15, -0.1) is 0 Å². The molecular formula is C40H24N6S. The van der Waals surface area contributed by atoms with Gasteiger partial charge in [0.05, 0.1) is 22.9 Å². The highest BCUT2D eigenvalue weighted by molar-refractivity contribution is 7.00. The van der Waals surface area contributed by atoms with Crippen LogP contribution in [0.4, 0.5) is 0 Å². The molecule has 220 valence electrons. The Morgan fingerprint density at radius 2 is 0.894 bits per heavy atom. The Hall–Kier alpha value is -6.18. The average molecular weight is 621 g/mol. The molecule has 6 aromatic carbocycles. The highest BCUT2D eigenvalue weighted by Gasteiger charge is 2.22. The SMILES string of the molecule is c1ccc(-c2ccc(-c3nc(-c4ccccc4)nc(-c4cc5c(-c6ccccc6)nc6ccccc6c5c5nsnc45)n3)cc2)cc1. The molecule has 0 spiro atoms. The van der Waals surface area contributed by atoms with Gasteiger partial charge in [-0.05, 0) is 23.3 Å². The topological polar surface area (TPSA) is 77.3 Å². The van der Waals surface area contributed by atoms with Crippen LogP contribution in [-0.2, 0) is 0 Å². The molecule has 47 heavy (non-hydrogen) atoms. The van der Waals surface area contributed by atoms with Gasteiger partial charge in [0.2, 0.25) is 0 Å². The molecule has 0 bridgehead atoms. The molecular weight excluding hydrogens is 597 g/mol. The van der Waals surface area contributed by atoms with Crippen LogP contribution in [0.3, 0.4) is 0 Å². The molecule has 0 saturated carbocycles. The first-order valence-electron chi connectivity index (χ1n) is 15.3. The second-order valence-electron chi connectivity index (χ2n) is 11.3. The van der Waals surface area contributed by atoms with E-state index in [-0.39, 0.29) is 0 Å². The van der Waals surface area contributed by atoms with Crippen molar-refractivity contribution in [2.45, 2.75) is 0 Å². The molecule has 3 aromatic heterocycles. The van der Waals surface area contributed by atoms with Gasteiger partial charge in [-0.2, -0.15) is 8.75 Å². The Morgan fingerprint density at radius 1 is 0.383 bits per heavy atom. The van der Waals surface area contributed by atoms with Crippen molar-refractivity contribution in [3.05, 3.63) is 146 Å². The summed E-state index contributed by atoms with van der Waals surface area (Å²) in [6.07, 6.45) is 0. The third-order valence-corrected chi connectivity index (χ3v) is 8.93. The van der Waals surface area contributed by atoms with Gasteiger partial charge in [-0.25, -0.2) is 19.9 Å². The lowest BCUT2D eigenvalue weighted by Gasteiger charge is -2.13. The van der Waals surface area contributed by atoms with E-state index < -0.39 is 0 Å². The van der Waals surface area contributed by atoms with Crippen molar-refractivity contribution in [2.24, 2.45) is 0 Å². The maximum Gasteiger partial charge on any atom is 0.166 e. The third kappa shape index (κ3) is 4.81. The Morgan fingerprint density at radius 3 is 1.60 bits per heavy atom. The van der Waals surface area contributed by atoms with Crippen molar-refractivity contribution in [2.75, 3.05) is 0 Å². The highest BCUT2D eigenvalue weighted by atomic mass is 32.1. The van der Waals surface area contributed by atoms with Gasteiger partial charge in [-0.1, -0.05) is 133 Å². The second kappa shape index (κ2) is 11.3. The standard InChI is InChI=1S/C40H24N6S/c1-4-12-25(13-5-1)26-20-22-29(23-21-26)39-42-38(28-16-8-3-9-17-28)43-40(44-39)32-24-31-34(37-36(32)45-47-46-37)30-18-10-11-19-33(30)41-35(31)27-14-6-2-7-15-27/h1-24H. The van der Waals surface area contributed by atoms with E-state index in [0.717, 1.165) is 71.8 Å². The summed E-state index contributed by atoms with van der Waals surface area (Å²) in [5.74, 6) is 1.71. The Kier molecular flexibility index (Phi) is 6.54. The molecule has 3 heterocycles.